The smallest absolute Gasteiger partial charge is 0.191 e. The summed E-state index contributed by atoms with van der Waals surface area (Å²) in [7, 11) is 0. The van der Waals surface area contributed by atoms with Crippen molar-refractivity contribution in [2.45, 2.75) is 45.8 Å². The van der Waals surface area contributed by atoms with Crippen molar-refractivity contribution in [2.24, 2.45) is 4.99 Å². The molecule has 1 saturated heterocycles. The molecule has 6 nitrogen and oxygen atoms in total. The second-order valence-corrected chi connectivity index (χ2v) is 6.97. The molecule has 0 radical (unpaired) electrons. The van der Waals surface area contributed by atoms with Gasteiger partial charge in [-0.05, 0) is 50.0 Å². The Kier molecular flexibility index (Phi) is 9.77. The minimum atomic E-state index is 0. The molecule has 0 aliphatic carbocycles. The van der Waals surface area contributed by atoms with Crippen molar-refractivity contribution in [3.63, 3.8) is 0 Å². The van der Waals surface area contributed by atoms with Crippen molar-refractivity contribution in [3.8, 4) is 0 Å². The summed E-state index contributed by atoms with van der Waals surface area (Å²) < 4.78 is 1.95. The molecule has 0 saturated carbocycles. The number of hydrogen-bond donors (Lipinski definition) is 2. The van der Waals surface area contributed by atoms with Gasteiger partial charge in [-0.15, -0.1) is 24.0 Å². The van der Waals surface area contributed by atoms with Crippen molar-refractivity contribution in [1.82, 2.24) is 25.3 Å². The van der Waals surface area contributed by atoms with Gasteiger partial charge in [0.2, 0.25) is 0 Å². The summed E-state index contributed by atoms with van der Waals surface area (Å²) in [5.74, 6) is 0.898. The molecule has 0 spiro atoms. The topological polar surface area (TPSA) is 57.5 Å². The van der Waals surface area contributed by atoms with Crippen LogP contribution in [-0.4, -0.2) is 52.9 Å². The molecule has 154 valence electrons. The number of guanidine groups is 1. The number of hydrogen-bond acceptors (Lipinski definition) is 3. The second-order valence-electron chi connectivity index (χ2n) is 6.97. The van der Waals surface area contributed by atoms with E-state index in [4.69, 9.17) is 4.99 Å². The maximum Gasteiger partial charge on any atom is 0.191 e. The highest BCUT2D eigenvalue weighted by atomic mass is 127. The van der Waals surface area contributed by atoms with Crippen LogP contribution in [0.1, 0.15) is 37.8 Å². The van der Waals surface area contributed by atoms with E-state index in [1.807, 2.05) is 23.1 Å². The summed E-state index contributed by atoms with van der Waals surface area (Å²) in [5.41, 5.74) is 2.50. The van der Waals surface area contributed by atoms with E-state index in [1.54, 1.807) is 0 Å². The van der Waals surface area contributed by atoms with Crippen LogP contribution in [0.25, 0.3) is 0 Å². The van der Waals surface area contributed by atoms with Gasteiger partial charge in [-0.2, -0.15) is 5.10 Å². The molecule has 1 fully saturated rings. The molecule has 28 heavy (non-hydrogen) atoms. The van der Waals surface area contributed by atoms with Crippen molar-refractivity contribution >= 4 is 29.9 Å². The average Bonchev–Trinajstić information content (AvgIpc) is 3.36. The highest BCUT2D eigenvalue weighted by molar-refractivity contribution is 14.0. The number of aromatic nitrogens is 2. The van der Waals surface area contributed by atoms with Crippen LogP contribution in [0, 0.1) is 0 Å². The predicted octanol–water partition coefficient (Wildman–Crippen LogP) is 3.09. The summed E-state index contributed by atoms with van der Waals surface area (Å²) >= 11 is 0. The molecule has 0 bridgehead atoms. The second kappa shape index (κ2) is 12.1. The first-order chi connectivity index (χ1) is 13.3. The summed E-state index contributed by atoms with van der Waals surface area (Å²) in [6.07, 6.45) is 6.38. The van der Waals surface area contributed by atoms with Crippen LogP contribution >= 0.6 is 24.0 Å². The first-order valence-electron chi connectivity index (χ1n) is 10.1. The monoisotopic (exact) mass is 496 g/mol. The Morgan fingerprint density at radius 1 is 1.18 bits per heavy atom. The van der Waals surface area contributed by atoms with Gasteiger partial charge >= 0.3 is 0 Å². The van der Waals surface area contributed by atoms with Gasteiger partial charge in [0.15, 0.2) is 5.96 Å². The third-order valence-electron chi connectivity index (χ3n) is 5.17. The van der Waals surface area contributed by atoms with Gasteiger partial charge in [0.05, 0.1) is 13.1 Å². The SMILES string of the molecule is CCNC(=NCc1ccccc1Cn1cccn1)NCC1CCCN1CC.I. The first-order valence-corrected chi connectivity index (χ1v) is 10.1. The molecule has 1 atom stereocenters. The highest BCUT2D eigenvalue weighted by Crippen LogP contribution is 2.15. The van der Waals surface area contributed by atoms with E-state index in [0.29, 0.717) is 12.6 Å². The average molecular weight is 496 g/mol. The lowest BCUT2D eigenvalue weighted by molar-refractivity contribution is 0.267. The third-order valence-corrected chi connectivity index (χ3v) is 5.17. The number of halogens is 1. The Hall–Kier alpha value is -1.61. The molecule has 7 heteroatoms. The van der Waals surface area contributed by atoms with E-state index < -0.39 is 0 Å². The Labute approximate surface area is 185 Å². The molecule has 2 heterocycles. The van der Waals surface area contributed by atoms with E-state index in [2.05, 4.69) is 58.7 Å². The molecule has 1 unspecified atom stereocenters. The fourth-order valence-corrected chi connectivity index (χ4v) is 3.70. The van der Waals surface area contributed by atoms with Gasteiger partial charge < -0.3 is 10.6 Å². The Morgan fingerprint density at radius 3 is 2.71 bits per heavy atom. The molecule has 2 N–H and O–H groups in total. The highest BCUT2D eigenvalue weighted by Gasteiger charge is 2.22. The molecule has 1 aromatic carbocycles. The van der Waals surface area contributed by atoms with E-state index in [-0.39, 0.29) is 24.0 Å². The largest absolute Gasteiger partial charge is 0.357 e. The summed E-state index contributed by atoms with van der Waals surface area (Å²) in [6, 6.07) is 11.0. The third kappa shape index (κ3) is 6.48. The number of likely N-dealkylation sites (tertiary alicyclic amines) is 1. The number of nitrogens with zero attached hydrogens (tertiary/aromatic N) is 4. The number of benzene rings is 1. The van der Waals surface area contributed by atoms with Crippen LogP contribution in [0.4, 0.5) is 0 Å². The lowest BCUT2D eigenvalue weighted by Gasteiger charge is -2.24. The van der Waals surface area contributed by atoms with Crippen LogP contribution in [0.2, 0.25) is 0 Å². The van der Waals surface area contributed by atoms with Crippen LogP contribution in [-0.2, 0) is 13.1 Å². The number of aliphatic imine (C=N–C) groups is 1. The number of likely N-dealkylation sites (N-methyl/N-ethyl adjacent to an activating group) is 1. The van der Waals surface area contributed by atoms with Gasteiger partial charge in [0.1, 0.15) is 0 Å². The van der Waals surface area contributed by atoms with Gasteiger partial charge in [0, 0.05) is 31.5 Å². The zero-order chi connectivity index (χ0) is 18.9. The lowest BCUT2D eigenvalue weighted by Crippen LogP contribution is -2.44. The maximum atomic E-state index is 4.83. The number of nitrogens with one attached hydrogen (secondary N) is 2. The lowest BCUT2D eigenvalue weighted by atomic mass is 10.1. The van der Waals surface area contributed by atoms with E-state index >= 15 is 0 Å². The summed E-state index contributed by atoms with van der Waals surface area (Å²) in [6.45, 7) is 9.95. The molecule has 1 aliphatic rings. The van der Waals surface area contributed by atoms with Crippen LogP contribution < -0.4 is 10.6 Å². The Morgan fingerprint density at radius 2 is 2.00 bits per heavy atom. The van der Waals surface area contributed by atoms with Gasteiger partial charge in [-0.25, -0.2) is 4.99 Å². The Bertz CT molecular complexity index is 715. The van der Waals surface area contributed by atoms with E-state index in [9.17, 15) is 0 Å². The first kappa shape index (κ1) is 22.7. The molecule has 1 aliphatic heterocycles. The van der Waals surface area contributed by atoms with Crippen LogP contribution in [0.15, 0.2) is 47.7 Å². The van der Waals surface area contributed by atoms with Crippen molar-refractivity contribution in [2.75, 3.05) is 26.2 Å². The zero-order valence-electron chi connectivity index (χ0n) is 17.0. The van der Waals surface area contributed by atoms with Crippen molar-refractivity contribution in [3.05, 3.63) is 53.9 Å². The molecule has 3 rings (SSSR count). The molecule has 2 aromatic rings. The van der Waals surface area contributed by atoms with Crippen LogP contribution in [0.5, 0.6) is 0 Å². The fourth-order valence-electron chi connectivity index (χ4n) is 3.70. The number of rotatable bonds is 8. The summed E-state index contributed by atoms with van der Waals surface area (Å²) in [4.78, 5) is 7.38. The molecule has 1 aromatic heterocycles. The minimum Gasteiger partial charge on any atom is -0.357 e. The molecular formula is C21H33IN6. The Balaban J connectivity index is 0.00000280. The standard InChI is InChI=1S/C21H32N6.HI/c1-3-22-21(24-16-20-11-7-13-26(20)4-2)23-15-18-9-5-6-10-19(18)17-27-14-8-12-25-27;/h5-6,8-10,12,14,20H,3-4,7,11,13,15-17H2,1-2H3,(H2,22,23,24);1H. The van der Waals surface area contributed by atoms with E-state index in [0.717, 1.165) is 32.1 Å². The quantitative estimate of drug-likeness (QED) is 0.335. The van der Waals surface area contributed by atoms with E-state index in [1.165, 1.54) is 30.5 Å². The van der Waals surface area contributed by atoms with Crippen molar-refractivity contribution < 1.29 is 0 Å². The van der Waals surface area contributed by atoms with Crippen LogP contribution in [0.3, 0.4) is 0 Å². The minimum absolute atomic E-state index is 0. The van der Waals surface area contributed by atoms with Gasteiger partial charge in [-0.3, -0.25) is 9.58 Å². The predicted molar refractivity (Wildman–Crippen MR) is 126 cm³/mol. The van der Waals surface area contributed by atoms with Gasteiger partial charge in [0.25, 0.3) is 0 Å². The normalized spacial score (nSPS) is 17.4. The zero-order valence-corrected chi connectivity index (χ0v) is 19.3. The van der Waals surface area contributed by atoms with Gasteiger partial charge in [-0.1, -0.05) is 31.2 Å². The summed E-state index contributed by atoms with van der Waals surface area (Å²) in [5, 5.41) is 11.2. The van der Waals surface area contributed by atoms with Crippen molar-refractivity contribution in [1.29, 1.82) is 0 Å². The molecular weight excluding hydrogens is 463 g/mol. The maximum absolute atomic E-state index is 4.83. The fraction of sp³-hybridized carbons (Fsp3) is 0.524. The molecule has 0 amide bonds.